The normalized spacial score (nSPS) is 10.7. The van der Waals surface area contributed by atoms with E-state index in [1.54, 1.807) is 0 Å². The van der Waals surface area contributed by atoms with Gasteiger partial charge in [0.15, 0.2) is 0 Å². The number of hydrogen-bond donors (Lipinski definition) is 1. The van der Waals surface area contributed by atoms with Crippen molar-refractivity contribution in [2.24, 2.45) is 0 Å². The molecule has 0 amide bonds. The maximum atomic E-state index is 12.0. The van der Waals surface area contributed by atoms with Crippen LogP contribution >= 0.6 is 0 Å². The van der Waals surface area contributed by atoms with Crippen LogP contribution < -0.4 is 35.3 Å². The van der Waals surface area contributed by atoms with Gasteiger partial charge in [0.2, 0.25) is 0 Å². The Morgan fingerprint density at radius 1 is 1.38 bits per heavy atom. The van der Waals surface area contributed by atoms with Crippen LogP contribution in [0.3, 0.4) is 0 Å². The van der Waals surface area contributed by atoms with Crippen LogP contribution in [-0.4, -0.2) is 4.98 Å². The molecule has 7 heteroatoms. The van der Waals surface area contributed by atoms with Gasteiger partial charge in [0, 0.05) is 6.20 Å². The quantitative estimate of drug-likeness (QED) is 0.428. The van der Waals surface area contributed by atoms with E-state index in [0.717, 1.165) is 6.07 Å². The van der Waals surface area contributed by atoms with Gasteiger partial charge in [0.25, 0.3) is 0 Å². The van der Waals surface area contributed by atoms with Crippen LogP contribution in [0.25, 0.3) is 0 Å². The number of pyridine rings is 1. The summed E-state index contributed by atoms with van der Waals surface area (Å²) in [4.78, 5) is 2.97. The molecule has 0 saturated heterocycles. The number of alkyl halides is 3. The minimum atomic E-state index is -4.45. The van der Waals surface area contributed by atoms with E-state index in [1.165, 1.54) is 0 Å². The van der Waals surface area contributed by atoms with Crippen molar-refractivity contribution in [3.05, 3.63) is 17.8 Å². The number of anilines is 1. The van der Waals surface area contributed by atoms with E-state index in [-0.39, 0.29) is 40.3 Å². The molecule has 1 rings (SSSR count). The molecular formula is C6H4F3N2NaS. The molecule has 66 valence electrons. The standard InChI is InChI=1S/C6H5F3N2S.Na/c7-6(8,9)3-2-11-5(10)1-4(3)12;/h1-2H,(H3,10,11,12);/q;+1/p-1. The molecule has 0 saturated carbocycles. The van der Waals surface area contributed by atoms with E-state index in [9.17, 15) is 13.2 Å². The first-order valence-electron chi connectivity index (χ1n) is 2.91. The number of aromatic nitrogens is 1. The summed E-state index contributed by atoms with van der Waals surface area (Å²) in [7, 11) is 0. The fraction of sp³-hybridized carbons (Fsp3) is 0.167. The summed E-state index contributed by atoms with van der Waals surface area (Å²) < 4.78 is 36.1. The first kappa shape index (κ1) is 13.0. The fourth-order valence-corrected chi connectivity index (χ4v) is 0.954. The fourth-order valence-electron chi connectivity index (χ4n) is 0.665. The SMILES string of the molecule is Nc1cc([S-])c(C(F)(F)F)cn1.[Na+]. The van der Waals surface area contributed by atoms with Crippen molar-refractivity contribution in [1.29, 1.82) is 0 Å². The van der Waals surface area contributed by atoms with Crippen molar-refractivity contribution >= 4 is 18.4 Å². The molecule has 1 aromatic rings. The average molecular weight is 216 g/mol. The average Bonchev–Trinajstić information content (AvgIpc) is 1.83. The van der Waals surface area contributed by atoms with Crippen molar-refractivity contribution in [3.8, 4) is 0 Å². The maximum absolute atomic E-state index is 12.0. The van der Waals surface area contributed by atoms with Crippen LogP contribution in [0.15, 0.2) is 17.2 Å². The summed E-state index contributed by atoms with van der Waals surface area (Å²) >= 11 is 4.45. The summed E-state index contributed by atoms with van der Waals surface area (Å²) in [6.45, 7) is 0. The molecule has 2 nitrogen and oxygen atoms in total. The smallest absolute Gasteiger partial charge is 0.779 e. The van der Waals surface area contributed by atoms with Gasteiger partial charge in [-0.1, -0.05) is 0 Å². The molecular weight excluding hydrogens is 212 g/mol. The molecule has 0 radical (unpaired) electrons. The van der Waals surface area contributed by atoms with Gasteiger partial charge in [-0.05, 0) is 6.07 Å². The van der Waals surface area contributed by atoms with Crippen LogP contribution in [0.4, 0.5) is 19.0 Å². The summed E-state index contributed by atoms with van der Waals surface area (Å²) in [5, 5.41) is 0. The third-order valence-electron chi connectivity index (χ3n) is 1.19. The zero-order chi connectivity index (χ0) is 9.35. The summed E-state index contributed by atoms with van der Waals surface area (Å²) in [5.74, 6) is -0.00648. The topological polar surface area (TPSA) is 38.9 Å². The molecule has 13 heavy (non-hydrogen) atoms. The third-order valence-corrected chi connectivity index (χ3v) is 1.53. The summed E-state index contributed by atoms with van der Waals surface area (Å²) in [6.07, 6.45) is -3.81. The summed E-state index contributed by atoms with van der Waals surface area (Å²) in [5.41, 5.74) is 4.20. The minimum Gasteiger partial charge on any atom is -0.779 e. The molecule has 2 N–H and O–H groups in total. The molecule has 0 aliphatic rings. The zero-order valence-electron chi connectivity index (χ0n) is 6.72. The Morgan fingerprint density at radius 3 is 2.31 bits per heavy atom. The molecule has 1 aromatic heterocycles. The van der Waals surface area contributed by atoms with E-state index in [0.29, 0.717) is 6.20 Å². The second-order valence-electron chi connectivity index (χ2n) is 2.10. The van der Waals surface area contributed by atoms with Crippen molar-refractivity contribution in [3.63, 3.8) is 0 Å². The van der Waals surface area contributed by atoms with Gasteiger partial charge in [0.1, 0.15) is 5.82 Å². The van der Waals surface area contributed by atoms with E-state index in [4.69, 9.17) is 5.73 Å². The van der Waals surface area contributed by atoms with Gasteiger partial charge >= 0.3 is 35.7 Å². The Balaban J connectivity index is 0.00000144. The second kappa shape index (κ2) is 4.45. The second-order valence-corrected chi connectivity index (χ2v) is 2.54. The van der Waals surface area contributed by atoms with Crippen molar-refractivity contribution in [2.45, 2.75) is 11.1 Å². The van der Waals surface area contributed by atoms with Gasteiger partial charge in [-0.25, -0.2) is 4.98 Å². The van der Waals surface area contributed by atoms with E-state index >= 15 is 0 Å². The van der Waals surface area contributed by atoms with Crippen molar-refractivity contribution in [1.82, 2.24) is 4.98 Å². The molecule has 0 unspecified atom stereocenters. The number of nitrogens with two attached hydrogens (primary N) is 1. The van der Waals surface area contributed by atoms with Crippen LogP contribution in [0, 0.1) is 0 Å². The van der Waals surface area contributed by atoms with E-state index in [1.807, 2.05) is 0 Å². The number of hydrogen-bond acceptors (Lipinski definition) is 3. The van der Waals surface area contributed by atoms with Gasteiger partial charge < -0.3 is 18.4 Å². The zero-order valence-corrected chi connectivity index (χ0v) is 9.54. The molecule has 0 spiro atoms. The Morgan fingerprint density at radius 2 is 1.92 bits per heavy atom. The van der Waals surface area contributed by atoms with Crippen molar-refractivity contribution < 1.29 is 42.7 Å². The first-order valence-corrected chi connectivity index (χ1v) is 3.32. The van der Waals surface area contributed by atoms with Gasteiger partial charge in [-0.15, -0.1) is 0 Å². The number of halogens is 3. The molecule has 0 aliphatic heterocycles. The Kier molecular flexibility index (Phi) is 4.44. The van der Waals surface area contributed by atoms with Crippen LogP contribution in [0.2, 0.25) is 0 Å². The van der Waals surface area contributed by atoms with Crippen molar-refractivity contribution in [2.75, 3.05) is 5.73 Å². The van der Waals surface area contributed by atoms with Crippen LogP contribution in [0.1, 0.15) is 5.56 Å². The van der Waals surface area contributed by atoms with E-state index in [2.05, 4.69) is 17.6 Å². The van der Waals surface area contributed by atoms with Crippen LogP contribution in [0.5, 0.6) is 0 Å². The Hall–Kier alpha value is -0.0400. The third kappa shape index (κ3) is 3.30. The monoisotopic (exact) mass is 216 g/mol. The molecule has 0 aromatic carbocycles. The molecule has 0 fully saturated rings. The number of nitrogen functional groups attached to an aromatic ring is 1. The Bertz CT molecular complexity index is 302. The number of rotatable bonds is 0. The summed E-state index contributed by atoms with van der Waals surface area (Å²) in [6, 6.07) is 1.01. The largest absolute Gasteiger partial charge is 1.00 e. The predicted molar refractivity (Wildman–Crippen MR) is 39.3 cm³/mol. The molecule has 0 atom stereocenters. The van der Waals surface area contributed by atoms with Crippen LogP contribution in [-0.2, 0) is 18.8 Å². The number of nitrogens with zero attached hydrogens (tertiary/aromatic N) is 1. The first-order chi connectivity index (χ1) is 5.41. The van der Waals surface area contributed by atoms with Gasteiger partial charge in [-0.3, -0.25) is 0 Å². The van der Waals surface area contributed by atoms with Gasteiger partial charge in [0.05, 0.1) is 5.56 Å². The molecule has 0 aliphatic carbocycles. The Labute approximate surface area is 100 Å². The maximum Gasteiger partial charge on any atom is 1.00 e. The molecule has 1 heterocycles. The van der Waals surface area contributed by atoms with E-state index < -0.39 is 11.7 Å². The minimum absolute atomic E-state index is 0. The van der Waals surface area contributed by atoms with Gasteiger partial charge in [-0.2, -0.15) is 18.1 Å². The molecule has 0 bridgehead atoms. The predicted octanol–water partition coefficient (Wildman–Crippen LogP) is -1.41.